The van der Waals surface area contributed by atoms with Gasteiger partial charge in [0.2, 0.25) is 11.9 Å². The lowest BCUT2D eigenvalue weighted by Gasteiger charge is -2.33. The first-order valence-corrected chi connectivity index (χ1v) is 11.1. The summed E-state index contributed by atoms with van der Waals surface area (Å²) in [6.45, 7) is 9.82. The molecule has 3 heterocycles. The fraction of sp³-hybridized carbons (Fsp3) is 0.500. The highest BCUT2D eigenvalue weighted by Crippen LogP contribution is 2.27. The molecule has 164 valence electrons. The average molecular weight is 421 g/mol. The number of carbonyl (C=O) groups excluding carboxylic acids is 1. The van der Waals surface area contributed by atoms with Crippen molar-refractivity contribution < 1.29 is 4.79 Å². The Hall–Kier alpha value is -2.96. The SMILES string of the molecule is Cc1cc(C)nc(N2CCC(C(=O)NC(c3nc4ccccc4n3C)C(C)C)CC2)n1. The summed E-state index contributed by atoms with van der Waals surface area (Å²) in [4.78, 5) is 29.3. The van der Waals surface area contributed by atoms with E-state index in [4.69, 9.17) is 4.98 Å². The van der Waals surface area contributed by atoms with Crippen LogP contribution in [0.1, 0.15) is 49.9 Å². The van der Waals surface area contributed by atoms with Gasteiger partial charge in [0, 0.05) is 37.4 Å². The molecule has 1 atom stereocenters. The Labute approximate surface area is 183 Å². The van der Waals surface area contributed by atoms with Crippen LogP contribution >= 0.6 is 0 Å². The molecule has 1 saturated heterocycles. The van der Waals surface area contributed by atoms with Gasteiger partial charge in [0.1, 0.15) is 5.82 Å². The third-order valence-electron chi connectivity index (χ3n) is 6.18. The number of para-hydroxylation sites is 2. The Morgan fingerprint density at radius 1 is 1.06 bits per heavy atom. The van der Waals surface area contributed by atoms with Gasteiger partial charge in [0.15, 0.2) is 0 Å². The summed E-state index contributed by atoms with van der Waals surface area (Å²) < 4.78 is 2.10. The highest BCUT2D eigenvalue weighted by atomic mass is 16.2. The Morgan fingerprint density at radius 3 is 2.32 bits per heavy atom. The maximum Gasteiger partial charge on any atom is 0.225 e. The molecule has 1 aliphatic heterocycles. The van der Waals surface area contributed by atoms with Crippen molar-refractivity contribution in [1.82, 2.24) is 24.8 Å². The van der Waals surface area contributed by atoms with Crippen LogP contribution in [-0.2, 0) is 11.8 Å². The maximum absolute atomic E-state index is 13.2. The number of amides is 1. The summed E-state index contributed by atoms with van der Waals surface area (Å²) >= 11 is 0. The number of piperidine rings is 1. The molecule has 1 amide bonds. The quantitative estimate of drug-likeness (QED) is 0.681. The van der Waals surface area contributed by atoms with Gasteiger partial charge in [-0.25, -0.2) is 15.0 Å². The van der Waals surface area contributed by atoms with Crippen molar-refractivity contribution in [2.24, 2.45) is 18.9 Å². The van der Waals surface area contributed by atoms with Gasteiger partial charge >= 0.3 is 0 Å². The first kappa shape index (κ1) is 21.3. The number of hydrogen-bond acceptors (Lipinski definition) is 5. The zero-order valence-electron chi connectivity index (χ0n) is 19.1. The lowest BCUT2D eigenvalue weighted by atomic mass is 9.94. The minimum Gasteiger partial charge on any atom is -0.346 e. The van der Waals surface area contributed by atoms with Crippen LogP contribution in [0.3, 0.4) is 0 Å². The zero-order valence-corrected chi connectivity index (χ0v) is 19.1. The number of nitrogens with one attached hydrogen (secondary N) is 1. The van der Waals surface area contributed by atoms with Crippen LogP contribution in [-0.4, -0.2) is 38.5 Å². The first-order valence-electron chi connectivity index (χ1n) is 11.1. The van der Waals surface area contributed by atoms with Gasteiger partial charge in [-0.2, -0.15) is 0 Å². The molecule has 3 aromatic rings. The molecule has 31 heavy (non-hydrogen) atoms. The van der Waals surface area contributed by atoms with E-state index >= 15 is 0 Å². The smallest absolute Gasteiger partial charge is 0.225 e. The predicted molar refractivity (Wildman–Crippen MR) is 123 cm³/mol. The van der Waals surface area contributed by atoms with Gasteiger partial charge in [-0.3, -0.25) is 4.79 Å². The van der Waals surface area contributed by atoms with Gasteiger partial charge in [-0.15, -0.1) is 0 Å². The second-order valence-corrected chi connectivity index (χ2v) is 8.96. The summed E-state index contributed by atoms with van der Waals surface area (Å²) in [5.41, 5.74) is 4.00. The molecule has 7 heteroatoms. The van der Waals surface area contributed by atoms with Crippen LogP contribution in [0.25, 0.3) is 11.0 Å². The Morgan fingerprint density at radius 2 is 1.71 bits per heavy atom. The van der Waals surface area contributed by atoms with E-state index in [2.05, 4.69) is 44.7 Å². The number of nitrogens with zero attached hydrogens (tertiary/aromatic N) is 5. The fourth-order valence-electron chi connectivity index (χ4n) is 4.43. The summed E-state index contributed by atoms with van der Waals surface area (Å²) in [6.07, 6.45) is 1.60. The molecule has 1 N–H and O–H groups in total. The highest BCUT2D eigenvalue weighted by molar-refractivity contribution is 5.80. The highest BCUT2D eigenvalue weighted by Gasteiger charge is 2.30. The molecule has 0 radical (unpaired) electrons. The molecule has 2 aromatic heterocycles. The molecule has 1 aromatic carbocycles. The van der Waals surface area contributed by atoms with E-state index in [0.29, 0.717) is 0 Å². The molecular formula is C24H32N6O. The summed E-state index contributed by atoms with van der Waals surface area (Å²) in [5.74, 6) is 2.04. The van der Waals surface area contributed by atoms with Crippen LogP contribution in [0.4, 0.5) is 5.95 Å². The van der Waals surface area contributed by atoms with E-state index in [1.165, 1.54) is 0 Å². The number of benzene rings is 1. The van der Waals surface area contributed by atoms with Gasteiger partial charge in [-0.05, 0) is 50.8 Å². The topological polar surface area (TPSA) is 75.9 Å². The predicted octanol–water partition coefficient (Wildman–Crippen LogP) is 3.71. The Balaban J connectivity index is 1.45. The number of hydrogen-bond donors (Lipinski definition) is 1. The van der Waals surface area contributed by atoms with Crippen molar-refractivity contribution in [3.8, 4) is 0 Å². The van der Waals surface area contributed by atoms with Gasteiger partial charge in [0.05, 0.1) is 17.1 Å². The molecule has 4 rings (SSSR count). The lowest BCUT2D eigenvalue weighted by molar-refractivity contribution is -0.126. The number of aromatic nitrogens is 4. The number of rotatable bonds is 5. The molecule has 1 aliphatic rings. The number of aryl methyl sites for hydroxylation is 3. The third-order valence-corrected chi connectivity index (χ3v) is 6.18. The Bertz CT molecular complexity index is 1060. The van der Waals surface area contributed by atoms with E-state index in [1.807, 2.05) is 45.2 Å². The molecule has 0 aliphatic carbocycles. The van der Waals surface area contributed by atoms with E-state index < -0.39 is 0 Å². The van der Waals surface area contributed by atoms with Gasteiger partial charge in [-0.1, -0.05) is 26.0 Å². The average Bonchev–Trinajstić information content (AvgIpc) is 3.07. The summed E-state index contributed by atoms with van der Waals surface area (Å²) in [7, 11) is 2.02. The third kappa shape index (κ3) is 4.40. The number of carbonyl (C=O) groups is 1. The molecule has 0 spiro atoms. The van der Waals surface area contributed by atoms with Crippen LogP contribution < -0.4 is 10.2 Å². The number of imidazole rings is 1. The summed E-state index contributed by atoms with van der Waals surface area (Å²) in [5, 5.41) is 3.31. The zero-order chi connectivity index (χ0) is 22.1. The molecule has 7 nitrogen and oxygen atoms in total. The standard InChI is InChI=1S/C24H32N6O/c1-15(2)21(22-27-19-8-6-7-9-20(19)29(22)5)28-23(31)18-10-12-30(13-11-18)24-25-16(3)14-17(4)26-24/h6-9,14-15,18,21H,10-13H2,1-5H3,(H,28,31). The molecule has 1 fully saturated rings. The van der Waals surface area contributed by atoms with Crippen LogP contribution in [0.15, 0.2) is 30.3 Å². The van der Waals surface area contributed by atoms with Crippen molar-refractivity contribution in [2.45, 2.75) is 46.6 Å². The second-order valence-electron chi connectivity index (χ2n) is 8.96. The minimum atomic E-state index is -0.120. The van der Waals surface area contributed by atoms with E-state index in [1.54, 1.807) is 0 Å². The van der Waals surface area contributed by atoms with Crippen molar-refractivity contribution in [3.05, 3.63) is 47.5 Å². The van der Waals surface area contributed by atoms with E-state index in [-0.39, 0.29) is 23.8 Å². The maximum atomic E-state index is 13.2. The second kappa shape index (κ2) is 8.65. The minimum absolute atomic E-state index is 0.00177. The van der Waals surface area contributed by atoms with Crippen LogP contribution in [0, 0.1) is 25.7 Å². The number of anilines is 1. The van der Waals surface area contributed by atoms with Crippen molar-refractivity contribution in [3.63, 3.8) is 0 Å². The largest absolute Gasteiger partial charge is 0.346 e. The normalized spacial score (nSPS) is 16.1. The molecular weight excluding hydrogens is 388 g/mol. The molecule has 1 unspecified atom stereocenters. The van der Waals surface area contributed by atoms with Crippen molar-refractivity contribution in [2.75, 3.05) is 18.0 Å². The van der Waals surface area contributed by atoms with E-state index in [0.717, 1.165) is 60.1 Å². The van der Waals surface area contributed by atoms with Crippen molar-refractivity contribution >= 4 is 22.9 Å². The molecule has 0 bridgehead atoms. The van der Waals surface area contributed by atoms with Gasteiger partial charge < -0.3 is 14.8 Å². The van der Waals surface area contributed by atoms with Crippen molar-refractivity contribution in [1.29, 1.82) is 0 Å². The Kier molecular flexibility index (Phi) is 5.94. The fourth-order valence-corrected chi connectivity index (χ4v) is 4.43. The molecule has 0 saturated carbocycles. The lowest BCUT2D eigenvalue weighted by Crippen LogP contribution is -2.43. The van der Waals surface area contributed by atoms with Crippen LogP contribution in [0.5, 0.6) is 0 Å². The first-order chi connectivity index (χ1) is 14.8. The van der Waals surface area contributed by atoms with Crippen LogP contribution in [0.2, 0.25) is 0 Å². The summed E-state index contributed by atoms with van der Waals surface area (Å²) in [6, 6.07) is 9.96. The number of fused-ring (bicyclic) bond motifs is 1. The van der Waals surface area contributed by atoms with Gasteiger partial charge in [0.25, 0.3) is 0 Å². The van der Waals surface area contributed by atoms with E-state index in [9.17, 15) is 4.79 Å². The monoisotopic (exact) mass is 420 g/mol.